The fraction of sp³-hybridized carbons (Fsp3) is 0.393. The van der Waals surface area contributed by atoms with Crippen LogP contribution in [0.5, 0.6) is 0 Å². The summed E-state index contributed by atoms with van der Waals surface area (Å²) in [5.74, 6) is -2.51. The number of likely N-dealkylation sites (N-methyl/N-ethyl adjacent to an activating group) is 1. The first kappa shape index (κ1) is 28.7. The second kappa shape index (κ2) is 11.7. The first-order valence-electron chi connectivity index (χ1n) is 12.2. The summed E-state index contributed by atoms with van der Waals surface area (Å²) in [5, 5.41) is 0. The Morgan fingerprint density at radius 1 is 1.03 bits per heavy atom. The van der Waals surface area contributed by atoms with Gasteiger partial charge >= 0.3 is 18.2 Å². The molecule has 2 aromatic rings. The molecule has 1 aliphatic rings. The number of ketones is 1. The predicted octanol–water partition coefficient (Wildman–Crippen LogP) is 5.64. The van der Waals surface area contributed by atoms with Gasteiger partial charge in [-0.3, -0.25) is 4.79 Å². The maximum absolute atomic E-state index is 13.3. The molecule has 1 heterocycles. The van der Waals surface area contributed by atoms with Crippen molar-refractivity contribution < 1.29 is 37.0 Å². The maximum Gasteiger partial charge on any atom is 0.454 e. The third-order valence-electron chi connectivity index (χ3n) is 5.75. The van der Waals surface area contributed by atoms with E-state index >= 15 is 0 Å². The van der Waals surface area contributed by atoms with E-state index in [-0.39, 0.29) is 24.3 Å². The van der Waals surface area contributed by atoms with Gasteiger partial charge in [-0.2, -0.15) is 13.2 Å². The number of ether oxygens (including phenoxy) is 2. The van der Waals surface area contributed by atoms with Crippen molar-refractivity contribution in [2.45, 2.75) is 45.9 Å². The summed E-state index contributed by atoms with van der Waals surface area (Å²) in [6.07, 6.45) is -3.84. The molecule has 0 fully saturated rings. The second-order valence-electron chi connectivity index (χ2n) is 9.72. The van der Waals surface area contributed by atoms with E-state index in [9.17, 15) is 27.6 Å². The zero-order chi connectivity index (χ0) is 28.1. The molecule has 2 aromatic carbocycles. The molecule has 0 N–H and O–H groups in total. The van der Waals surface area contributed by atoms with Crippen molar-refractivity contribution in [2.24, 2.45) is 0 Å². The Balaban J connectivity index is 1.71. The zero-order valence-electron chi connectivity index (χ0n) is 21.8. The Bertz CT molecular complexity index is 1200. The van der Waals surface area contributed by atoms with Crippen LogP contribution < -0.4 is 4.90 Å². The number of allylic oxidation sites excluding steroid dienone is 1. The molecular weight excluding hydrogens is 501 g/mol. The Kier molecular flexibility index (Phi) is 8.85. The fourth-order valence-electron chi connectivity index (χ4n) is 3.92. The summed E-state index contributed by atoms with van der Waals surface area (Å²) in [5.41, 5.74) is 0.690. The molecule has 1 amide bonds. The van der Waals surface area contributed by atoms with Crippen LogP contribution in [-0.4, -0.2) is 60.8 Å². The summed E-state index contributed by atoms with van der Waals surface area (Å²) < 4.78 is 50.6. The number of hydrogen-bond acceptors (Lipinski definition) is 6. The molecule has 0 saturated carbocycles. The second-order valence-corrected chi connectivity index (χ2v) is 9.72. The van der Waals surface area contributed by atoms with Crippen LogP contribution in [0.2, 0.25) is 0 Å². The number of fused-ring (bicyclic) bond motifs is 1. The number of carbonyl (C=O) groups is 3. The summed E-state index contributed by atoms with van der Waals surface area (Å²) in [7, 11) is 0. The van der Waals surface area contributed by atoms with Crippen LogP contribution in [0.25, 0.3) is 5.57 Å². The molecule has 0 atom stereocenters. The van der Waals surface area contributed by atoms with Gasteiger partial charge in [-0.1, -0.05) is 30.3 Å². The number of halogens is 3. The minimum atomic E-state index is -5.02. The molecule has 204 valence electrons. The summed E-state index contributed by atoms with van der Waals surface area (Å²) in [6.45, 7) is 7.94. The molecule has 0 radical (unpaired) electrons. The van der Waals surface area contributed by atoms with E-state index in [1.807, 2.05) is 0 Å². The van der Waals surface area contributed by atoms with Crippen LogP contribution in [0, 0.1) is 0 Å². The zero-order valence-corrected chi connectivity index (χ0v) is 21.8. The third-order valence-corrected chi connectivity index (χ3v) is 5.75. The lowest BCUT2D eigenvalue weighted by Gasteiger charge is -2.26. The fourth-order valence-corrected chi connectivity index (χ4v) is 3.92. The monoisotopic (exact) mass is 532 g/mol. The Morgan fingerprint density at radius 2 is 1.71 bits per heavy atom. The van der Waals surface area contributed by atoms with Gasteiger partial charge in [-0.15, -0.1) is 0 Å². The molecule has 0 saturated heterocycles. The number of rotatable bonds is 8. The standard InChI is InChI=1S/C28H31F3N2O5/c1-5-32(26(36)38-27(2,3)4)15-16-37-25(35)21-11-12-23-20(17-21)13-14-33(23)18-22(24(34)28(29,30)31)19-9-7-6-8-10-19/h6-12,17-18H,5,13-16H2,1-4H3/b22-18-. The van der Waals surface area contributed by atoms with Crippen LogP contribution in [0.3, 0.4) is 0 Å². The molecular formula is C28H31F3N2O5. The molecule has 38 heavy (non-hydrogen) atoms. The van der Waals surface area contributed by atoms with E-state index in [0.29, 0.717) is 25.2 Å². The lowest BCUT2D eigenvalue weighted by atomic mass is 10.0. The number of amides is 1. The predicted molar refractivity (Wildman–Crippen MR) is 137 cm³/mol. The molecule has 0 spiro atoms. The third kappa shape index (κ3) is 7.36. The van der Waals surface area contributed by atoms with E-state index in [4.69, 9.17) is 9.47 Å². The SMILES string of the molecule is CCN(CCOC(=O)c1ccc2c(c1)CCN2/C=C(\C(=O)C(F)(F)F)c1ccccc1)C(=O)OC(C)(C)C. The average molecular weight is 533 g/mol. The number of alkyl halides is 3. The van der Waals surface area contributed by atoms with Gasteiger partial charge in [0, 0.05) is 25.0 Å². The minimum absolute atomic E-state index is 0.0299. The molecule has 0 bridgehead atoms. The number of benzene rings is 2. The highest BCUT2D eigenvalue weighted by Crippen LogP contribution is 2.33. The molecule has 10 heteroatoms. The highest BCUT2D eigenvalue weighted by Gasteiger charge is 2.41. The molecule has 0 unspecified atom stereocenters. The lowest BCUT2D eigenvalue weighted by Crippen LogP contribution is -2.38. The van der Waals surface area contributed by atoms with Gasteiger partial charge in [0.25, 0.3) is 5.78 Å². The van der Waals surface area contributed by atoms with Gasteiger partial charge in [0.05, 0.1) is 17.7 Å². The Labute approximate surface area is 219 Å². The molecule has 0 aliphatic carbocycles. The van der Waals surface area contributed by atoms with Gasteiger partial charge in [-0.05, 0) is 63.4 Å². The van der Waals surface area contributed by atoms with Crippen molar-refractivity contribution >= 4 is 29.1 Å². The van der Waals surface area contributed by atoms with Crippen LogP contribution in [0.15, 0.2) is 54.7 Å². The largest absolute Gasteiger partial charge is 0.460 e. The van der Waals surface area contributed by atoms with E-state index in [0.717, 1.165) is 5.56 Å². The van der Waals surface area contributed by atoms with Crippen molar-refractivity contribution in [2.75, 3.05) is 31.1 Å². The highest BCUT2D eigenvalue weighted by molar-refractivity contribution is 6.23. The normalized spacial score (nSPS) is 13.7. The van der Waals surface area contributed by atoms with Crippen molar-refractivity contribution in [3.05, 3.63) is 71.4 Å². The number of esters is 1. The van der Waals surface area contributed by atoms with Crippen molar-refractivity contribution in [3.8, 4) is 0 Å². The smallest absolute Gasteiger partial charge is 0.454 e. The van der Waals surface area contributed by atoms with Crippen molar-refractivity contribution in [3.63, 3.8) is 0 Å². The quantitative estimate of drug-likeness (QED) is 0.324. The first-order valence-corrected chi connectivity index (χ1v) is 12.2. The highest BCUT2D eigenvalue weighted by atomic mass is 19.4. The van der Waals surface area contributed by atoms with Crippen molar-refractivity contribution in [1.82, 2.24) is 4.90 Å². The minimum Gasteiger partial charge on any atom is -0.460 e. The number of hydrogen-bond donors (Lipinski definition) is 0. The van der Waals surface area contributed by atoms with Gasteiger partial charge in [0.2, 0.25) is 0 Å². The van der Waals surface area contributed by atoms with E-state index in [1.54, 1.807) is 62.9 Å². The van der Waals surface area contributed by atoms with E-state index in [2.05, 4.69) is 0 Å². The summed E-state index contributed by atoms with van der Waals surface area (Å²) in [6, 6.07) is 12.5. The molecule has 3 rings (SSSR count). The van der Waals surface area contributed by atoms with E-state index in [1.165, 1.54) is 29.3 Å². The molecule has 0 aromatic heterocycles. The van der Waals surface area contributed by atoms with Crippen molar-refractivity contribution in [1.29, 1.82) is 0 Å². The number of nitrogens with zero attached hydrogens (tertiary/aromatic N) is 2. The van der Waals surface area contributed by atoms with Gasteiger partial charge < -0.3 is 19.3 Å². The van der Waals surface area contributed by atoms with Gasteiger partial charge in [0.1, 0.15) is 12.2 Å². The van der Waals surface area contributed by atoms with Crippen LogP contribution in [-0.2, 0) is 20.7 Å². The maximum atomic E-state index is 13.3. The first-order chi connectivity index (χ1) is 17.8. The summed E-state index contributed by atoms with van der Waals surface area (Å²) >= 11 is 0. The Morgan fingerprint density at radius 3 is 2.32 bits per heavy atom. The van der Waals surface area contributed by atoms with Crippen LogP contribution in [0.4, 0.5) is 23.7 Å². The Hall–Kier alpha value is -3.82. The average Bonchev–Trinajstić information content (AvgIpc) is 3.25. The van der Waals surface area contributed by atoms with E-state index < -0.39 is 35.2 Å². The number of Topliss-reactive ketones (excluding diaryl/α,β-unsaturated/α-hetero) is 1. The van der Waals surface area contributed by atoms with Gasteiger partial charge in [0.15, 0.2) is 0 Å². The molecule has 1 aliphatic heterocycles. The number of carbonyl (C=O) groups excluding carboxylic acids is 3. The lowest BCUT2D eigenvalue weighted by molar-refractivity contribution is -0.164. The van der Waals surface area contributed by atoms with Crippen LogP contribution in [0.1, 0.15) is 49.2 Å². The number of anilines is 1. The topological polar surface area (TPSA) is 76.2 Å². The van der Waals surface area contributed by atoms with Gasteiger partial charge in [-0.25, -0.2) is 9.59 Å². The molecule has 7 nitrogen and oxygen atoms in total. The van der Waals surface area contributed by atoms with Crippen LogP contribution >= 0.6 is 0 Å². The summed E-state index contributed by atoms with van der Waals surface area (Å²) in [4.78, 5) is 40.0.